The molecule has 0 saturated heterocycles. The Labute approximate surface area is 128 Å². The lowest BCUT2D eigenvalue weighted by Gasteiger charge is -2.33. The van der Waals surface area contributed by atoms with Crippen LogP contribution in [-0.4, -0.2) is 16.1 Å². The molecule has 0 saturated carbocycles. The molecule has 0 aliphatic rings. The van der Waals surface area contributed by atoms with Gasteiger partial charge in [0, 0.05) is 5.69 Å². The van der Waals surface area contributed by atoms with E-state index in [-0.39, 0.29) is 0 Å². The third-order valence-corrected chi connectivity index (χ3v) is 4.22. The molecule has 1 aromatic carbocycles. The molecule has 114 valence electrons. The van der Waals surface area contributed by atoms with E-state index in [0.717, 1.165) is 12.2 Å². The minimum absolute atomic E-state index is 0.295. The molecule has 0 aliphatic carbocycles. The zero-order chi connectivity index (χ0) is 15.4. The maximum absolute atomic E-state index is 4.49. The molecule has 3 heteroatoms. The summed E-state index contributed by atoms with van der Waals surface area (Å²) in [5, 5.41) is 3.67. The van der Waals surface area contributed by atoms with E-state index in [1.54, 1.807) is 0 Å². The molecule has 2 rings (SSSR count). The van der Waals surface area contributed by atoms with Crippen LogP contribution in [-0.2, 0) is 0 Å². The van der Waals surface area contributed by atoms with Gasteiger partial charge in [-0.2, -0.15) is 0 Å². The van der Waals surface area contributed by atoms with Gasteiger partial charge in [0.05, 0.1) is 24.1 Å². The van der Waals surface area contributed by atoms with Crippen molar-refractivity contribution in [2.75, 3.05) is 6.54 Å². The highest BCUT2D eigenvalue weighted by atomic mass is 15.1. The van der Waals surface area contributed by atoms with Crippen molar-refractivity contribution in [2.45, 2.75) is 46.7 Å². The maximum Gasteiger partial charge on any atom is 0.0954 e. The summed E-state index contributed by atoms with van der Waals surface area (Å²) in [6, 6.07) is 11.4. The summed E-state index contributed by atoms with van der Waals surface area (Å²) in [6.07, 6.45) is 1.99. The van der Waals surface area contributed by atoms with Crippen LogP contribution >= 0.6 is 0 Å². The highest BCUT2D eigenvalue weighted by molar-refractivity contribution is 5.22. The molecule has 0 amide bonds. The van der Waals surface area contributed by atoms with E-state index in [2.05, 4.69) is 79.8 Å². The van der Waals surface area contributed by atoms with Gasteiger partial charge < -0.3 is 9.88 Å². The van der Waals surface area contributed by atoms with E-state index in [9.17, 15) is 0 Å². The smallest absolute Gasteiger partial charge is 0.0954 e. The molecule has 0 fully saturated rings. The molecular weight excluding hydrogens is 258 g/mol. The first-order valence-corrected chi connectivity index (χ1v) is 7.84. The fourth-order valence-corrected chi connectivity index (χ4v) is 3.00. The minimum Gasteiger partial charge on any atom is -0.329 e. The number of hydrogen-bond donors (Lipinski definition) is 1. The van der Waals surface area contributed by atoms with Crippen molar-refractivity contribution in [2.24, 2.45) is 5.92 Å². The number of rotatable bonds is 6. The van der Waals surface area contributed by atoms with Crippen molar-refractivity contribution < 1.29 is 0 Å². The molecule has 1 heterocycles. The molecule has 1 aromatic heterocycles. The number of likely N-dealkylation sites (N-methyl/N-ethyl adjacent to an activating group) is 1. The van der Waals surface area contributed by atoms with Crippen LogP contribution in [0.15, 0.2) is 36.7 Å². The third kappa shape index (κ3) is 3.35. The first kappa shape index (κ1) is 15.8. The van der Waals surface area contributed by atoms with Crippen molar-refractivity contribution in [3.05, 3.63) is 53.6 Å². The molecule has 2 unspecified atom stereocenters. The molecule has 0 radical (unpaired) electrons. The van der Waals surface area contributed by atoms with Crippen LogP contribution in [0.1, 0.15) is 49.8 Å². The Morgan fingerprint density at radius 1 is 1.14 bits per heavy atom. The summed E-state index contributed by atoms with van der Waals surface area (Å²) in [5.41, 5.74) is 3.71. The third-order valence-electron chi connectivity index (χ3n) is 4.22. The van der Waals surface area contributed by atoms with Gasteiger partial charge in [0.1, 0.15) is 0 Å². The van der Waals surface area contributed by atoms with Crippen LogP contribution in [0.4, 0.5) is 0 Å². The van der Waals surface area contributed by atoms with Crippen molar-refractivity contribution in [1.82, 2.24) is 14.9 Å². The van der Waals surface area contributed by atoms with E-state index >= 15 is 0 Å². The summed E-state index contributed by atoms with van der Waals surface area (Å²) in [6.45, 7) is 11.9. The summed E-state index contributed by atoms with van der Waals surface area (Å²) < 4.78 is 2.33. The van der Waals surface area contributed by atoms with E-state index in [1.165, 1.54) is 11.3 Å². The van der Waals surface area contributed by atoms with Crippen LogP contribution in [0.5, 0.6) is 0 Å². The van der Waals surface area contributed by atoms with Gasteiger partial charge in [-0.05, 0) is 31.9 Å². The Bertz CT molecular complexity index is 557. The quantitative estimate of drug-likeness (QED) is 0.868. The lowest BCUT2D eigenvalue weighted by atomic mass is 9.90. The Balaban J connectivity index is 2.45. The summed E-state index contributed by atoms with van der Waals surface area (Å²) >= 11 is 0. The average Bonchev–Trinajstić information content (AvgIpc) is 2.80. The lowest BCUT2D eigenvalue weighted by molar-refractivity contribution is 0.278. The van der Waals surface area contributed by atoms with Gasteiger partial charge in [-0.1, -0.05) is 51.1 Å². The number of hydrogen-bond acceptors (Lipinski definition) is 2. The molecule has 0 aliphatic heterocycles. The van der Waals surface area contributed by atoms with Crippen molar-refractivity contribution >= 4 is 0 Å². The van der Waals surface area contributed by atoms with Gasteiger partial charge in [-0.25, -0.2) is 4.98 Å². The van der Waals surface area contributed by atoms with E-state index in [0.29, 0.717) is 18.0 Å². The summed E-state index contributed by atoms with van der Waals surface area (Å²) in [7, 11) is 0. The highest BCUT2D eigenvalue weighted by Gasteiger charge is 2.28. The monoisotopic (exact) mass is 285 g/mol. The second-order valence-electron chi connectivity index (χ2n) is 6.00. The van der Waals surface area contributed by atoms with Crippen LogP contribution in [0.2, 0.25) is 0 Å². The number of aryl methyl sites for hydroxylation is 1. The molecule has 3 nitrogen and oxygen atoms in total. The Kier molecular flexibility index (Phi) is 5.18. The number of imidazole rings is 1. The number of nitrogens with one attached hydrogen (secondary N) is 1. The summed E-state index contributed by atoms with van der Waals surface area (Å²) in [5.74, 6) is 0.515. The second-order valence-corrected chi connectivity index (χ2v) is 6.00. The fourth-order valence-electron chi connectivity index (χ4n) is 3.00. The topological polar surface area (TPSA) is 29.9 Å². The molecule has 2 aromatic rings. The number of nitrogens with zero attached hydrogens (tertiary/aromatic N) is 2. The number of aromatic nitrogens is 2. The lowest BCUT2D eigenvalue weighted by Crippen LogP contribution is -2.33. The fraction of sp³-hybridized carbons (Fsp3) is 0.500. The highest BCUT2D eigenvalue weighted by Crippen LogP contribution is 2.33. The van der Waals surface area contributed by atoms with Gasteiger partial charge in [0.2, 0.25) is 0 Å². The van der Waals surface area contributed by atoms with Crippen LogP contribution in [0.25, 0.3) is 0 Å². The molecule has 0 bridgehead atoms. The SMILES string of the molecule is CCNC(c1ccccc1)C(C(C)C)n1cnc(C)c1C. The molecule has 1 N–H and O–H groups in total. The maximum atomic E-state index is 4.49. The normalized spacial score (nSPS) is 14.4. The van der Waals surface area contributed by atoms with Crippen LogP contribution in [0.3, 0.4) is 0 Å². The number of benzene rings is 1. The Hall–Kier alpha value is -1.61. The summed E-state index contributed by atoms with van der Waals surface area (Å²) in [4.78, 5) is 4.49. The van der Waals surface area contributed by atoms with E-state index < -0.39 is 0 Å². The van der Waals surface area contributed by atoms with Crippen molar-refractivity contribution in [3.8, 4) is 0 Å². The minimum atomic E-state index is 0.295. The Morgan fingerprint density at radius 3 is 2.29 bits per heavy atom. The molecule has 0 spiro atoms. The molecular formula is C18H27N3. The van der Waals surface area contributed by atoms with Gasteiger partial charge in [0.15, 0.2) is 0 Å². The largest absolute Gasteiger partial charge is 0.329 e. The van der Waals surface area contributed by atoms with Gasteiger partial charge in [-0.3, -0.25) is 0 Å². The van der Waals surface area contributed by atoms with Crippen molar-refractivity contribution in [3.63, 3.8) is 0 Å². The predicted molar refractivity (Wildman–Crippen MR) is 88.4 cm³/mol. The standard InChI is InChI=1S/C18H27N3/c1-6-19-17(16-10-8-7-9-11-16)18(13(2)3)21-12-20-14(4)15(21)5/h7-13,17-19H,6H2,1-5H3. The Morgan fingerprint density at radius 2 is 1.81 bits per heavy atom. The van der Waals surface area contributed by atoms with Gasteiger partial charge in [-0.15, -0.1) is 0 Å². The van der Waals surface area contributed by atoms with Gasteiger partial charge in [0.25, 0.3) is 0 Å². The van der Waals surface area contributed by atoms with Crippen molar-refractivity contribution in [1.29, 1.82) is 0 Å². The molecule has 21 heavy (non-hydrogen) atoms. The first-order chi connectivity index (χ1) is 10.1. The zero-order valence-corrected chi connectivity index (χ0v) is 13.8. The second kappa shape index (κ2) is 6.90. The van der Waals surface area contributed by atoms with Crippen LogP contribution in [0, 0.1) is 19.8 Å². The first-order valence-electron chi connectivity index (χ1n) is 7.84. The molecule has 2 atom stereocenters. The van der Waals surface area contributed by atoms with Gasteiger partial charge >= 0.3 is 0 Å². The van der Waals surface area contributed by atoms with Crippen LogP contribution < -0.4 is 5.32 Å². The zero-order valence-electron chi connectivity index (χ0n) is 13.8. The van der Waals surface area contributed by atoms with E-state index in [4.69, 9.17) is 0 Å². The van der Waals surface area contributed by atoms with E-state index in [1.807, 2.05) is 6.33 Å². The average molecular weight is 285 g/mol. The predicted octanol–water partition coefficient (Wildman–Crippen LogP) is 4.05.